The third-order valence-electron chi connectivity index (χ3n) is 15.7. The Labute approximate surface area is 394 Å². The summed E-state index contributed by atoms with van der Waals surface area (Å²) in [7, 11) is 0. The van der Waals surface area contributed by atoms with Crippen LogP contribution in [0.1, 0.15) is 131 Å². The van der Waals surface area contributed by atoms with Gasteiger partial charge in [-0.25, -0.2) is 0 Å². The molecule has 0 saturated carbocycles. The summed E-state index contributed by atoms with van der Waals surface area (Å²) in [6.07, 6.45) is 2.33. The molecule has 332 valence electrons. The zero-order valence-electron chi connectivity index (χ0n) is 41.6. The van der Waals surface area contributed by atoms with Crippen molar-refractivity contribution in [1.82, 2.24) is 4.57 Å². The third-order valence-corrected chi connectivity index (χ3v) is 15.7. The molecule has 1 aliphatic carbocycles. The smallest absolute Gasteiger partial charge is 0.252 e. The summed E-state index contributed by atoms with van der Waals surface area (Å²) < 4.78 is 2.51. The fourth-order valence-electron chi connectivity index (χ4n) is 11.6. The molecule has 0 amide bonds. The van der Waals surface area contributed by atoms with Crippen LogP contribution in [0.4, 0.5) is 34.1 Å². The fourth-order valence-corrected chi connectivity index (χ4v) is 11.6. The summed E-state index contributed by atoms with van der Waals surface area (Å²) in [5, 5.41) is 2.60. The Bertz CT molecular complexity index is 3240. The van der Waals surface area contributed by atoms with Crippen molar-refractivity contribution in [3.05, 3.63) is 167 Å². The molecule has 0 atom stereocenters. The van der Waals surface area contributed by atoms with Gasteiger partial charge in [-0.05, 0) is 157 Å². The molecule has 0 spiro atoms. The van der Waals surface area contributed by atoms with Crippen molar-refractivity contribution < 1.29 is 0 Å². The van der Waals surface area contributed by atoms with Crippen LogP contribution in [0, 0.1) is 0 Å². The van der Waals surface area contributed by atoms with E-state index in [0.29, 0.717) is 0 Å². The first-order valence-corrected chi connectivity index (χ1v) is 24.4. The van der Waals surface area contributed by atoms with Crippen molar-refractivity contribution in [2.24, 2.45) is 0 Å². The van der Waals surface area contributed by atoms with Gasteiger partial charge in [-0.3, -0.25) is 0 Å². The number of rotatable bonds is 3. The lowest BCUT2D eigenvalue weighted by molar-refractivity contribution is 0.332. The van der Waals surface area contributed by atoms with Gasteiger partial charge >= 0.3 is 0 Å². The highest BCUT2D eigenvalue weighted by molar-refractivity contribution is 7.00. The first-order valence-electron chi connectivity index (χ1n) is 24.4. The second-order valence-corrected chi connectivity index (χ2v) is 24.2. The molecule has 4 heteroatoms. The zero-order chi connectivity index (χ0) is 46.5. The summed E-state index contributed by atoms with van der Waals surface area (Å²) in [5.41, 5.74) is 22.3. The second kappa shape index (κ2) is 14.3. The highest BCUT2D eigenvalue weighted by Crippen LogP contribution is 2.52. The fraction of sp³-hybridized carbons (Fsp3) is 0.323. The number of nitrogens with zero attached hydrogens (tertiary/aromatic N) is 3. The molecule has 2 aliphatic heterocycles. The molecular weight excluding hydrogens is 798 g/mol. The number of hydrogen-bond acceptors (Lipinski definition) is 2. The van der Waals surface area contributed by atoms with Crippen LogP contribution in [0.25, 0.3) is 27.5 Å². The van der Waals surface area contributed by atoms with Gasteiger partial charge in [0.25, 0.3) is 6.71 Å². The Morgan fingerprint density at radius 3 is 1.44 bits per heavy atom. The molecular formula is C62H66BN3. The van der Waals surface area contributed by atoms with Crippen molar-refractivity contribution in [1.29, 1.82) is 0 Å². The molecule has 66 heavy (non-hydrogen) atoms. The minimum absolute atomic E-state index is 0.00278. The first kappa shape index (κ1) is 42.6. The lowest BCUT2D eigenvalue weighted by atomic mass is 9.33. The van der Waals surface area contributed by atoms with Gasteiger partial charge in [-0.1, -0.05) is 157 Å². The summed E-state index contributed by atoms with van der Waals surface area (Å²) in [5.74, 6) is 0. The van der Waals surface area contributed by atoms with E-state index in [-0.39, 0.29) is 33.8 Å². The average Bonchev–Trinajstić information content (AvgIpc) is 3.59. The number of benzene rings is 7. The molecule has 8 aromatic rings. The molecule has 3 heterocycles. The van der Waals surface area contributed by atoms with Crippen LogP contribution in [0.5, 0.6) is 0 Å². The average molecular weight is 864 g/mol. The quantitative estimate of drug-likeness (QED) is 0.164. The largest absolute Gasteiger partial charge is 0.311 e. The van der Waals surface area contributed by atoms with Gasteiger partial charge in [0.15, 0.2) is 0 Å². The van der Waals surface area contributed by atoms with Gasteiger partial charge in [0.1, 0.15) is 0 Å². The standard InChI is InChI=1S/C62H66BN3/c1-58(2,3)39-24-27-44(28-25-39)66-53-37-48-47(61(10,11)30-31-62(48,12)13)36-50(53)63-49-35-46-45-32-40(59(4,5)6)26-29-51(45)64(42-20-16-14-17-21-42)52(46)38-54(49)65(43-22-18-15-19-23-43)55-33-41(60(7,8)9)34-56(66)57(55)63/h14-29,32-38H,30-31H2,1-13H3. The van der Waals surface area contributed by atoms with E-state index in [1.54, 1.807) is 0 Å². The van der Waals surface area contributed by atoms with Gasteiger partial charge in [0, 0.05) is 50.6 Å². The Morgan fingerprint density at radius 1 is 0.409 bits per heavy atom. The summed E-state index contributed by atoms with van der Waals surface area (Å²) in [6, 6.07) is 54.3. The molecule has 0 N–H and O–H groups in total. The highest BCUT2D eigenvalue weighted by atomic mass is 15.2. The molecule has 7 aromatic carbocycles. The molecule has 1 aromatic heterocycles. The summed E-state index contributed by atoms with van der Waals surface area (Å²) >= 11 is 0. The van der Waals surface area contributed by atoms with E-state index in [9.17, 15) is 0 Å². The molecule has 3 aliphatic rings. The van der Waals surface area contributed by atoms with Crippen molar-refractivity contribution in [3.8, 4) is 5.69 Å². The maximum absolute atomic E-state index is 2.67. The van der Waals surface area contributed by atoms with E-state index in [1.807, 2.05) is 0 Å². The Kier molecular flexibility index (Phi) is 9.21. The third kappa shape index (κ3) is 6.52. The number of hydrogen-bond donors (Lipinski definition) is 0. The van der Waals surface area contributed by atoms with E-state index in [2.05, 4.69) is 244 Å². The molecule has 11 rings (SSSR count). The Hall–Kier alpha value is -6.00. The minimum atomic E-state index is -0.109. The van der Waals surface area contributed by atoms with Crippen molar-refractivity contribution in [3.63, 3.8) is 0 Å². The lowest BCUT2D eigenvalue weighted by Gasteiger charge is -2.48. The number of para-hydroxylation sites is 2. The van der Waals surface area contributed by atoms with Crippen LogP contribution in [0.15, 0.2) is 140 Å². The lowest BCUT2D eigenvalue weighted by Crippen LogP contribution is -2.62. The van der Waals surface area contributed by atoms with E-state index in [1.165, 1.54) is 119 Å². The number of anilines is 6. The number of aromatic nitrogens is 1. The van der Waals surface area contributed by atoms with Gasteiger partial charge in [-0.2, -0.15) is 0 Å². The van der Waals surface area contributed by atoms with E-state index < -0.39 is 0 Å². The van der Waals surface area contributed by atoms with Crippen LogP contribution >= 0.6 is 0 Å². The van der Waals surface area contributed by atoms with Crippen molar-refractivity contribution >= 4 is 79.0 Å². The van der Waals surface area contributed by atoms with Crippen molar-refractivity contribution in [2.75, 3.05) is 9.80 Å². The van der Waals surface area contributed by atoms with Crippen LogP contribution in [-0.2, 0) is 27.1 Å². The molecule has 0 saturated heterocycles. The minimum Gasteiger partial charge on any atom is -0.311 e. The van der Waals surface area contributed by atoms with Crippen LogP contribution in [0.2, 0.25) is 0 Å². The molecule has 0 unspecified atom stereocenters. The van der Waals surface area contributed by atoms with Gasteiger partial charge in [-0.15, -0.1) is 0 Å². The Balaban J connectivity index is 1.32. The normalized spacial score (nSPS) is 16.3. The monoisotopic (exact) mass is 864 g/mol. The molecule has 3 nitrogen and oxygen atoms in total. The van der Waals surface area contributed by atoms with Crippen LogP contribution in [0.3, 0.4) is 0 Å². The predicted molar refractivity (Wildman–Crippen MR) is 286 cm³/mol. The molecule has 0 fully saturated rings. The first-order chi connectivity index (χ1) is 31.1. The predicted octanol–water partition coefficient (Wildman–Crippen LogP) is 15.1. The molecule has 0 bridgehead atoms. The highest BCUT2D eigenvalue weighted by Gasteiger charge is 2.47. The second-order valence-electron chi connectivity index (χ2n) is 24.2. The summed E-state index contributed by atoms with van der Waals surface area (Å²) in [4.78, 5) is 5.25. The maximum Gasteiger partial charge on any atom is 0.252 e. The molecule has 0 radical (unpaired) electrons. The van der Waals surface area contributed by atoms with Gasteiger partial charge in [0.2, 0.25) is 0 Å². The van der Waals surface area contributed by atoms with Crippen LogP contribution in [-0.4, -0.2) is 11.3 Å². The van der Waals surface area contributed by atoms with Gasteiger partial charge < -0.3 is 14.4 Å². The Morgan fingerprint density at radius 2 is 0.879 bits per heavy atom. The number of fused-ring (bicyclic) bond motifs is 8. The zero-order valence-corrected chi connectivity index (χ0v) is 41.6. The van der Waals surface area contributed by atoms with E-state index >= 15 is 0 Å². The maximum atomic E-state index is 2.67. The van der Waals surface area contributed by atoms with Crippen LogP contribution < -0.4 is 26.2 Å². The van der Waals surface area contributed by atoms with E-state index in [4.69, 9.17) is 0 Å². The van der Waals surface area contributed by atoms with Crippen molar-refractivity contribution in [2.45, 2.75) is 130 Å². The summed E-state index contributed by atoms with van der Waals surface area (Å²) in [6.45, 7) is 31.0. The van der Waals surface area contributed by atoms with Gasteiger partial charge in [0.05, 0.1) is 11.0 Å². The SMILES string of the molecule is CC(C)(C)c1ccc(N2c3cc4c(cc3B3c5cc6c7cc(C(C)(C)C)ccc7n(-c7ccccc7)c6cc5N(c5ccccc5)c5cc(C(C)(C)C)cc2c53)C(C)(C)CCC4(C)C)cc1. The topological polar surface area (TPSA) is 11.4 Å². The van der Waals surface area contributed by atoms with E-state index in [0.717, 1.165) is 0 Å².